The summed E-state index contributed by atoms with van der Waals surface area (Å²) in [5.41, 5.74) is 1.11. The van der Waals surface area contributed by atoms with Gasteiger partial charge >= 0.3 is 0 Å². The normalized spacial score (nSPS) is 18.6. The highest BCUT2D eigenvalue weighted by Gasteiger charge is 2.46. The summed E-state index contributed by atoms with van der Waals surface area (Å²) in [6.07, 6.45) is -1.45. The molecule has 0 saturated carbocycles. The van der Waals surface area contributed by atoms with E-state index in [2.05, 4.69) is 10.2 Å². The molecule has 0 bridgehead atoms. The number of halogens is 3. The highest BCUT2D eigenvalue weighted by atomic mass is 35.5. The van der Waals surface area contributed by atoms with Crippen LogP contribution in [0.2, 0.25) is 15.1 Å². The Morgan fingerprint density at radius 1 is 0.971 bits per heavy atom. The Kier molecular flexibility index (Phi) is 7.35. The van der Waals surface area contributed by atoms with Crippen molar-refractivity contribution in [3.63, 3.8) is 0 Å². The number of carbonyl (C=O) groups is 1. The van der Waals surface area contributed by atoms with E-state index < -0.39 is 18.2 Å². The fourth-order valence-corrected chi connectivity index (χ4v) is 4.33. The number of azo groups is 1. The fraction of sp³-hybridized carbons (Fsp3) is 0.130. The number of rotatable bonds is 5. The number of ether oxygens (including phenoxy) is 1. The second-order valence-electron chi connectivity index (χ2n) is 7.12. The molecule has 7 nitrogen and oxygen atoms in total. The predicted octanol–water partition coefficient (Wildman–Crippen LogP) is 6.26. The van der Waals surface area contributed by atoms with Crippen molar-refractivity contribution < 1.29 is 14.6 Å². The minimum atomic E-state index is -1.45. The van der Waals surface area contributed by atoms with Gasteiger partial charge in [0.05, 0.1) is 27.9 Å². The van der Waals surface area contributed by atoms with Crippen LogP contribution in [0.4, 0.5) is 17.1 Å². The van der Waals surface area contributed by atoms with E-state index in [0.717, 1.165) is 0 Å². The molecule has 1 saturated heterocycles. The van der Waals surface area contributed by atoms with E-state index in [0.29, 0.717) is 22.1 Å². The first-order chi connectivity index (χ1) is 16.3. The van der Waals surface area contributed by atoms with Crippen LogP contribution in [0.25, 0.3) is 0 Å². The maximum Gasteiger partial charge on any atom is 0.264 e. The van der Waals surface area contributed by atoms with Crippen molar-refractivity contribution in [2.45, 2.75) is 12.3 Å². The van der Waals surface area contributed by atoms with Crippen molar-refractivity contribution in [2.24, 2.45) is 10.2 Å². The molecule has 1 aliphatic heterocycles. The minimum absolute atomic E-state index is 0.00368. The highest BCUT2D eigenvalue weighted by Crippen LogP contribution is 2.37. The van der Waals surface area contributed by atoms with Gasteiger partial charge in [0.2, 0.25) is 0 Å². The number of benzene rings is 3. The molecule has 1 N–H and O–H groups in total. The average Bonchev–Trinajstić information content (AvgIpc) is 2.83. The number of thiocarbonyl (C=S) groups is 1. The molecule has 11 heteroatoms. The predicted molar refractivity (Wildman–Crippen MR) is 138 cm³/mol. The van der Waals surface area contributed by atoms with Gasteiger partial charge in [-0.15, -0.1) is 0 Å². The van der Waals surface area contributed by atoms with E-state index in [1.54, 1.807) is 73.8 Å². The third-order valence-electron chi connectivity index (χ3n) is 5.08. The first-order valence-electron chi connectivity index (χ1n) is 9.92. The van der Waals surface area contributed by atoms with E-state index in [1.165, 1.54) is 9.80 Å². The molecule has 34 heavy (non-hydrogen) atoms. The average molecular weight is 536 g/mol. The van der Waals surface area contributed by atoms with Crippen molar-refractivity contribution in [3.8, 4) is 5.75 Å². The molecular formula is C23H17Cl3N4O3S. The van der Waals surface area contributed by atoms with Gasteiger partial charge in [-0.2, -0.15) is 10.2 Å². The van der Waals surface area contributed by atoms with Crippen LogP contribution in [0.3, 0.4) is 0 Å². The molecule has 1 fully saturated rings. The molecule has 0 radical (unpaired) electrons. The zero-order valence-electron chi connectivity index (χ0n) is 17.6. The summed E-state index contributed by atoms with van der Waals surface area (Å²) in [5.74, 6) is -0.0100. The van der Waals surface area contributed by atoms with Gasteiger partial charge in [-0.3, -0.25) is 14.6 Å². The van der Waals surface area contributed by atoms with Crippen LogP contribution in [0.1, 0.15) is 0 Å². The minimum Gasteiger partial charge on any atom is -0.497 e. The summed E-state index contributed by atoms with van der Waals surface area (Å²) >= 11 is 24.4. The van der Waals surface area contributed by atoms with Crippen molar-refractivity contribution in [2.75, 3.05) is 16.9 Å². The van der Waals surface area contributed by atoms with Crippen molar-refractivity contribution in [3.05, 3.63) is 81.8 Å². The zero-order valence-corrected chi connectivity index (χ0v) is 20.7. The summed E-state index contributed by atoms with van der Waals surface area (Å²) in [6.45, 7) is 0. The van der Waals surface area contributed by atoms with E-state index >= 15 is 0 Å². The second kappa shape index (κ2) is 10.2. The number of aliphatic hydroxyl groups excluding tert-OH is 1. The van der Waals surface area contributed by atoms with Crippen LogP contribution in [-0.2, 0) is 4.79 Å². The Hall–Kier alpha value is -2.75. The SMILES string of the molecule is COc1ccc(N2C(=S)N(c3cccc(Cl)c3Cl)C(=O)C(N=Nc3ccccc3Cl)C2O)cc1. The Bertz CT molecular complexity index is 1270. The summed E-state index contributed by atoms with van der Waals surface area (Å²) in [6, 6.07) is 17.1. The van der Waals surface area contributed by atoms with Crippen molar-refractivity contribution in [1.29, 1.82) is 0 Å². The number of carbonyl (C=O) groups excluding carboxylic acids is 1. The lowest BCUT2D eigenvalue weighted by molar-refractivity contribution is -0.121. The van der Waals surface area contributed by atoms with Crippen molar-refractivity contribution in [1.82, 2.24) is 0 Å². The third-order valence-corrected chi connectivity index (χ3v) is 6.59. The van der Waals surface area contributed by atoms with Gasteiger partial charge in [0.25, 0.3) is 5.91 Å². The monoisotopic (exact) mass is 534 g/mol. The van der Waals surface area contributed by atoms with Crippen LogP contribution in [0, 0.1) is 0 Å². The van der Waals surface area contributed by atoms with Gasteiger partial charge < -0.3 is 9.84 Å². The van der Waals surface area contributed by atoms with Crippen LogP contribution >= 0.6 is 47.0 Å². The molecule has 2 unspecified atom stereocenters. The van der Waals surface area contributed by atoms with Crippen LogP contribution < -0.4 is 14.5 Å². The smallest absolute Gasteiger partial charge is 0.264 e. The summed E-state index contributed by atoms with van der Waals surface area (Å²) in [4.78, 5) is 16.1. The van der Waals surface area contributed by atoms with E-state index in [-0.39, 0.29) is 20.8 Å². The van der Waals surface area contributed by atoms with Gasteiger partial charge in [0.1, 0.15) is 11.4 Å². The van der Waals surface area contributed by atoms with Crippen LogP contribution in [-0.4, -0.2) is 35.5 Å². The maximum absolute atomic E-state index is 13.5. The van der Waals surface area contributed by atoms with Crippen molar-refractivity contribution >= 4 is 75.1 Å². The molecular weight excluding hydrogens is 519 g/mol. The molecule has 1 aliphatic rings. The topological polar surface area (TPSA) is 77.7 Å². The van der Waals surface area contributed by atoms with Gasteiger partial charge in [-0.1, -0.05) is 53.0 Å². The molecule has 0 aromatic heterocycles. The second-order valence-corrected chi connectivity index (χ2v) is 8.68. The van der Waals surface area contributed by atoms with Crippen LogP contribution in [0.15, 0.2) is 77.0 Å². The first kappa shape index (κ1) is 24.4. The number of hydrogen-bond donors (Lipinski definition) is 1. The summed E-state index contributed by atoms with van der Waals surface area (Å²) in [5, 5.41) is 20.2. The lowest BCUT2D eigenvalue weighted by atomic mass is 10.1. The Labute approximate surface area is 216 Å². The molecule has 0 spiro atoms. The first-order valence-corrected chi connectivity index (χ1v) is 11.5. The molecule has 2 atom stereocenters. The molecule has 1 heterocycles. The quantitative estimate of drug-likeness (QED) is 0.308. The third kappa shape index (κ3) is 4.60. The van der Waals surface area contributed by atoms with E-state index in [1.807, 2.05) is 0 Å². The Morgan fingerprint density at radius 3 is 2.32 bits per heavy atom. The lowest BCUT2D eigenvalue weighted by Gasteiger charge is -2.42. The number of hydrogen-bond acceptors (Lipinski definition) is 6. The summed E-state index contributed by atoms with van der Waals surface area (Å²) < 4.78 is 5.21. The summed E-state index contributed by atoms with van der Waals surface area (Å²) in [7, 11) is 1.54. The molecule has 3 aromatic carbocycles. The molecule has 1 amide bonds. The molecule has 3 aromatic rings. The van der Waals surface area contributed by atoms with E-state index in [9.17, 15) is 9.90 Å². The molecule has 174 valence electrons. The van der Waals surface area contributed by atoms with Gasteiger partial charge in [-0.05, 0) is 60.7 Å². The fourth-order valence-electron chi connectivity index (χ4n) is 3.38. The van der Waals surface area contributed by atoms with Gasteiger partial charge in [0, 0.05) is 5.69 Å². The molecule has 4 rings (SSSR count). The zero-order chi connectivity index (χ0) is 24.4. The lowest BCUT2D eigenvalue weighted by Crippen LogP contribution is -2.64. The van der Waals surface area contributed by atoms with Crippen LogP contribution in [0.5, 0.6) is 5.75 Å². The maximum atomic E-state index is 13.5. The number of methoxy groups -OCH3 is 1. The highest BCUT2D eigenvalue weighted by molar-refractivity contribution is 7.81. The molecule has 0 aliphatic carbocycles. The van der Waals surface area contributed by atoms with Gasteiger partial charge in [0.15, 0.2) is 17.4 Å². The Balaban J connectivity index is 1.81. The number of nitrogens with zero attached hydrogens (tertiary/aromatic N) is 4. The number of amides is 1. The number of aliphatic hydroxyl groups is 1. The largest absolute Gasteiger partial charge is 0.497 e. The van der Waals surface area contributed by atoms with Gasteiger partial charge in [-0.25, -0.2) is 0 Å². The number of anilines is 2. The standard InChI is InChI=1S/C23H17Cl3N4O3S/c1-33-14-11-9-13(10-12-14)29-21(31)20(28-27-17-7-3-2-5-15(17)24)22(32)30(23(29)34)18-8-4-6-16(25)19(18)26/h2-12,20-21,31H,1H3. The Morgan fingerprint density at radius 2 is 1.65 bits per heavy atom. The van der Waals surface area contributed by atoms with E-state index in [4.69, 9.17) is 51.8 Å².